The van der Waals surface area contributed by atoms with Crippen LogP contribution in [0.4, 0.5) is 0 Å². The molecular weight excluding hydrogens is 432 g/mol. The molecular formula is C25H26N6O3. The molecule has 3 amide bonds. The number of nitrogens with one attached hydrogen (secondary N) is 1. The van der Waals surface area contributed by atoms with Gasteiger partial charge in [-0.2, -0.15) is 5.10 Å². The van der Waals surface area contributed by atoms with Crippen molar-refractivity contribution in [1.29, 1.82) is 0 Å². The normalized spacial score (nSPS) is 21.9. The Bertz CT molecular complexity index is 1320. The molecule has 0 radical (unpaired) electrons. The first kappa shape index (κ1) is 21.0. The lowest BCUT2D eigenvalue weighted by Gasteiger charge is -2.29. The van der Waals surface area contributed by atoms with Crippen LogP contribution in [0.15, 0.2) is 36.7 Å². The molecule has 2 saturated heterocycles. The van der Waals surface area contributed by atoms with E-state index in [9.17, 15) is 14.4 Å². The topological polar surface area (TPSA) is 100 Å². The minimum atomic E-state index is -0.626. The van der Waals surface area contributed by atoms with Crippen LogP contribution in [-0.4, -0.2) is 68.5 Å². The highest BCUT2D eigenvalue weighted by Crippen LogP contribution is 2.36. The zero-order valence-electron chi connectivity index (χ0n) is 19.0. The van der Waals surface area contributed by atoms with Gasteiger partial charge in [0.15, 0.2) is 5.65 Å². The molecule has 0 spiro atoms. The number of rotatable bonds is 3. The monoisotopic (exact) mass is 458 g/mol. The quantitative estimate of drug-likeness (QED) is 0.604. The van der Waals surface area contributed by atoms with Gasteiger partial charge in [0.25, 0.3) is 5.91 Å². The molecule has 1 aromatic carbocycles. The Morgan fingerprint density at radius 3 is 2.62 bits per heavy atom. The van der Waals surface area contributed by atoms with Crippen molar-refractivity contribution in [3.63, 3.8) is 0 Å². The van der Waals surface area contributed by atoms with Crippen molar-refractivity contribution in [2.24, 2.45) is 0 Å². The van der Waals surface area contributed by atoms with Crippen molar-refractivity contribution in [1.82, 2.24) is 29.9 Å². The number of fused-ring (bicyclic) bond motifs is 2. The molecule has 34 heavy (non-hydrogen) atoms. The fourth-order valence-corrected chi connectivity index (χ4v) is 5.45. The van der Waals surface area contributed by atoms with Crippen LogP contribution in [0.1, 0.15) is 47.6 Å². The van der Waals surface area contributed by atoms with Gasteiger partial charge in [0.1, 0.15) is 6.04 Å². The fourth-order valence-electron chi connectivity index (χ4n) is 5.45. The highest BCUT2D eigenvalue weighted by atomic mass is 16.2. The van der Waals surface area contributed by atoms with Crippen LogP contribution in [0.25, 0.3) is 22.2 Å². The van der Waals surface area contributed by atoms with Gasteiger partial charge in [-0.05, 0) is 62.7 Å². The molecule has 1 N–H and O–H groups in total. The van der Waals surface area contributed by atoms with Crippen molar-refractivity contribution >= 4 is 28.8 Å². The maximum Gasteiger partial charge on any atom is 0.255 e. The van der Waals surface area contributed by atoms with E-state index in [1.165, 1.54) is 0 Å². The number of piperidine rings is 2. The summed E-state index contributed by atoms with van der Waals surface area (Å²) in [5.74, 6) is -0.856. The number of nitrogens with zero attached hydrogens (tertiary/aromatic N) is 5. The molecule has 0 aliphatic carbocycles. The molecule has 1 atom stereocenters. The standard InChI is InChI=1S/C25H26N6O3/c1-29-9-7-17(8-10-29)31-23-16(13-27-31)11-15(12-26-23)18-3-2-4-19-20(18)14-30(25(19)34)21-5-6-22(32)28-24(21)33/h2-4,11-13,17,21H,5-10,14H2,1H3,(H,28,32,33). The third-order valence-corrected chi connectivity index (χ3v) is 7.36. The molecule has 0 saturated carbocycles. The maximum atomic E-state index is 13.1. The molecule has 0 bridgehead atoms. The number of aromatic nitrogens is 3. The lowest BCUT2D eigenvalue weighted by molar-refractivity contribution is -0.136. The molecule has 6 rings (SSSR count). The van der Waals surface area contributed by atoms with Crippen molar-refractivity contribution in [2.75, 3.05) is 20.1 Å². The summed E-state index contributed by atoms with van der Waals surface area (Å²) in [5.41, 5.74) is 4.23. The summed E-state index contributed by atoms with van der Waals surface area (Å²) in [6.45, 7) is 2.44. The first-order chi connectivity index (χ1) is 16.5. The van der Waals surface area contributed by atoms with E-state index in [1.54, 1.807) is 11.0 Å². The van der Waals surface area contributed by atoms with E-state index in [0.717, 1.165) is 53.7 Å². The summed E-state index contributed by atoms with van der Waals surface area (Å²) < 4.78 is 2.05. The Hall–Kier alpha value is -3.59. The predicted molar refractivity (Wildman–Crippen MR) is 125 cm³/mol. The van der Waals surface area contributed by atoms with E-state index in [4.69, 9.17) is 4.98 Å². The smallest absolute Gasteiger partial charge is 0.255 e. The van der Waals surface area contributed by atoms with Gasteiger partial charge >= 0.3 is 0 Å². The van der Waals surface area contributed by atoms with Crippen LogP contribution < -0.4 is 5.32 Å². The number of carbonyl (C=O) groups is 3. The molecule has 5 heterocycles. The van der Waals surface area contributed by atoms with Gasteiger partial charge in [-0.25, -0.2) is 9.67 Å². The van der Waals surface area contributed by atoms with Gasteiger partial charge in [-0.15, -0.1) is 0 Å². The summed E-state index contributed by atoms with van der Waals surface area (Å²) in [5, 5.41) is 7.98. The van der Waals surface area contributed by atoms with Gasteiger partial charge in [-0.3, -0.25) is 19.7 Å². The molecule has 9 nitrogen and oxygen atoms in total. The second-order valence-corrected chi connectivity index (χ2v) is 9.49. The summed E-state index contributed by atoms with van der Waals surface area (Å²) in [7, 11) is 2.15. The maximum absolute atomic E-state index is 13.1. The number of carbonyl (C=O) groups excluding carboxylic acids is 3. The van der Waals surface area contributed by atoms with Gasteiger partial charge in [0.2, 0.25) is 11.8 Å². The fraction of sp³-hybridized carbons (Fsp3) is 0.400. The molecule has 9 heteroatoms. The number of hydrogen-bond acceptors (Lipinski definition) is 6. The lowest BCUT2D eigenvalue weighted by atomic mass is 9.97. The largest absolute Gasteiger partial charge is 0.322 e. The third kappa shape index (κ3) is 3.38. The number of pyridine rings is 1. The van der Waals surface area contributed by atoms with Gasteiger partial charge in [0.05, 0.1) is 12.2 Å². The highest BCUT2D eigenvalue weighted by Gasteiger charge is 2.39. The summed E-state index contributed by atoms with van der Waals surface area (Å²) in [4.78, 5) is 45.8. The van der Waals surface area contributed by atoms with E-state index >= 15 is 0 Å². The zero-order valence-corrected chi connectivity index (χ0v) is 19.0. The minimum absolute atomic E-state index is 0.171. The molecule has 1 unspecified atom stereocenters. The molecule has 3 aromatic rings. The SMILES string of the molecule is CN1CCC(n2ncc3cc(-c4cccc5c4CN(C4CCC(=O)NC4=O)C5=O)cnc32)CC1. The van der Waals surface area contributed by atoms with E-state index in [2.05, 4.69) is 33.1 Å². The molecule has 174 valence electrons. The number of likely N-dealkylation sites (tertiary alicyclic amines) is 1. The number of imide groups is 1. The summed E-state index contributed by atoms with van der Waals surface area (Å²) in [6, 6.07) is 7.47. The summed E-state index contributed by atoms with van der Waals surface area (Å²) >= 11 is 0. The summed E-state index contributed by atoms with van der Waals surface area (Å²) in [6.07, 6.45) is 6.43. The van der Waals surface area contributed by atoms with Gasteiger partial charge in [0, 0.05) is 35.7 Å². The lowest BCUT2D eigenvalue weighted by Crippen LogP contribution is -2.52. The van der Waals surface area contributed by atoms with Crippen LogP contribution in [0.2, 0.25) is 0 Å². The second-order valence-electron chi connectivity index (χ2n) is 9.49. The van der Waals surface area contributed by atoms with Crippen LogP contribution in [-0.2, 0) is 16.1 Å². The van der Waals surface area contributed by atoms with Crippen molar-refractivity contribution < 1.29 is 14.4 Å². The van der Waals surface area contributed by atoms with Gasteiger partial charge in [-0.1, -0.05) is 12.1 Å². The van der Waals surface area contributed by atoms with E-state index in [-0.39, 0.29) is 18.2 Å². The first-order valence-electron chi connectivity index (χ1n) is 11.8. The van der Waals surface area contributed by atoms with E-state index in [0.29, 0.717) is 24.6 Å². The Morgan fingerprint density at radius 2 is 1.82 bits per heavy atom. The van der Waals surface area contributed by atoms with E-state index in [1.807, 2.05) is 24.5 Å². The second kappa shape index (κ2) is 8.02. The Kier molecular flexibility index (Phi) is 4.95. The van der Waals surface area contributed by atoms with Crippen LogP contribution >= 0.6 is 0 Å². The molecule has 2 aromatic heterocycles. The average Bonchev–Trinajstić information content (AvgIpc) is 3.40. The third-order valence-electron chi connectivity index (χ3n) is 7.36. The highest BCUT2D eigenvalue weighted by molar-refractivity contribution is 6.06. The van der Waals surface area contributed by atoms with Crippen LogP contribution in [0.5, 0.6) is 0 Å². The molecule has 2 fully saturated rings. The Morgan fingerprint density at radius 1 is 1.03 bits per heavy atom. The number of hydrogen-bond donors (Lipinski definition) is 1. The Balaban J connectivity index is 1.31. The zero-order chi connectivity index (χ0) is 23.4. The van der Waals surface area contributed by atoms with Gasteiger partial charge < -0.3 is 9.80 Å². The van der Waals surface area contributed by atoms with Crippen molar-refractivity contribution in [3.8, 4) is 11.1 Å². The van der Waals surface area contributed by atoms with E-state index < -0.39 is 11.9 Å². The number of amides is 3. The average molecular weight is 459 g/mol. The predicted octanol–water partition coefficient (Wildman–Crippen LogP) is 2.13. The minimum Gasteiger partial charge on any atom is -0.322 e. The molecule has 3 aliphatic heterocycles. The number of benzene rings is 1. The van der Waals surface area contributed by atoms with Crippen molar-refractivity contribution in [2.45, 2.75) is 44.3 Å². The van der Waals surface area contributed by atoms with Crippen molar-refractivity contribution in [3.05, 3.63) is 47.8 Å². The molecule has 3 aliphatic rings. The van der Waals surface area contributed by atoms with Crippen LogP contribution in [0, 0.1) is 0 Å². The first-order valence-corrected chi connectivity index (χ1v) is 11.8. The van der Waals surface area contributed by atoms with Crippen LogP contribution in [0.3, 0.4) is 0 Å². The Labute approximate surface area is 196 Å².